The first-order valence-electron chi connectivity index (χ1n) is 15.1. The molecule has 0 radical (unpaired) electrons. The van der Waals surface area contributed by atoms with E-state index in [4.69, 9.17) is 26.6 Å². The molecule has 1 unspecified atom stereocenters. The lowest BCUT2D eigenvalue weighted by molar-refractivity contribution is -0.218. The molecule has 2 N–H and O–H groups in total. The molecule has 3 fully saturated rings. The van der Waals surface area contributed by atoms with Crippen molar-refractivity contribution < 1.29 is 29.8 Å². The van der Waals surface area contributed by atoms with Crippen LogP contribution >= 0.6 is 8.53 Å². The Morgan fingerprint density at radius 3 is 2.74 bits per heavy atom. The molecule has 12 nitrogen and oxygen atoms in total. The quantitative estimate of drug-likeness (QED) is 0.286. The number of nitrogens with one attached hydrogen (secondary N) is 1. The van der Waals surface area contributed by atoms with Crippen LogP contribution in [0.5, 0.6) is 0 Å². The lowest BCUT2D eigenvalue weighted by Gasteiger charge is -2.37. The van der Waals surface area contributed by atoms with E-state index in [0.717, 1.165) is 12.8 Å². The Labute approximate surface area is 250 Å². The molecule has 2 bridgehead atoms. The maximum Gasteiger partial charge on any atom is 0.351 e. The Bertz CT molecular complexity index is 1390. The molecule has 1 aliphatic carbocycles. The second-order valence-electron chi connectivity index (χ2n) is 10.6. The van der Waals surface area contributed by atoms with E-state index in [0.29, 0.717) is 17.7 Å². The van der Waals surface area contributed by atoms with Crippen molar-refractivity contribution in [1.29, 1.82) is 6.69 Å². The number of nitriles is 1. The van der Waals surface area contributed by atoms with Crippen molar-refractivity contribution in [3.05, 3.63) is 58.1 Å². The van der Waals surface area contributed by atoms with Crippen LogP contribution in [0.3, 0.4) is 0 Å². The predicted octanol–water partition coefficient (Wildman–Crippen LogP) is 3.90. The molecular weight excluding hydrogens is 561 g/mol. The summed E-state index contributed by atoms with van der Waals surface area (Å²) in [5.74, 6) is -0.207. The number of hydrogen-bond acceptors (Lipinski definition) is 10. The Morgan fingerprint density at radius 1 is 1.43 bits per heavy atom. The summed E-state index contributed by atoms with van der Waals surface area (Å²) in [6.45, 7) is 8.61. The third kappa shape index (κ3) is 6.01. The predicted molar refractivity (Wildman–Crippen MR) is 157 cm³/mol. The second kappa shape index (κ2) is 13.3. The number of ether oxygens (including phenoxy) is 2. The summed E-state index contributed by atoms with van der Waals surface area (Å²) in [6.07, 6.45) is 1.07. The van der Waals surface area contributed by atoms with E-state index in [9.17, 15) is 9.59 Å². The minimum atomic E-state index is -1.60. The zero-order chi connectivity index (χ0) is 32.1. The van der Waals surface area contributed by atoms with Crippen LogP contribution in [0.4, 0.5) is 5.82 Å². The van der Waals surface area contributed by atoms with Gasteiger partial charge in [-0.3, -0.25) is 9.36 Å². The van der Waals surface area contributed by atoms with E-state index in [2.05, 4.69) is 26.1 Å². The highest BCUT2D eigenvalue weighted by Gasteiger charge is 2.77. The normalized spacial score (nSPS) is 26.3. The summed E-state index contributed by atoms with van der Waals surface area (Å²) in [7, 11) is -0.310. The number of carbonyl (C=O) groups is 1. The summed E-state index contributed by atoms with van der Waals surface area (Å²) in [4.78, 5) is 30.1. The summed E-state index contributed by atoms with van der Waals surface area (Å²) >= 11 is 0. The first-order chi connectivity index (χ1) is 21.1. The van der Waals surface area contributed by atoms with Crippen molar-refractivity contribution in [2.75, 3.05) is 25.6 Å². The summed E-state index contributed by atoms with van der Waals surface area (Å²) in [6, 6.07) is 10.9. The molecule has 1 amide bonds. The number of aryl methyl sites for hydroxylation is 1. The van der Waals surface area contributed by atoms with Gasteiger partial charge in [0, 0.05) is 38.4 Å². The molecule has 1 aromatic carbocycles. The van der Waals surface area contributed by atoms with Crippen molar-refractivity contribution >= 4 is 20.3 Å². The topological polar surface area (TPSA) is 148 Å². The highest BCUT2D eigenvalue weighted by atomic mass is 31.2. The van der Waals surface area contributed by atoms with E-state index < -0.39 is 43.9 Å². The summed E-state index contributed by atoms with van der Waals surface area (Å²) in [5, 5.41) is 15.3. The van der Waals surface area contributed by atoms with Gasteiger partial charge in [-0.2, -0.15) is 10.2 Å². The smallest absolute Gasteiger partial charge is 0.351 e. The van der Waals surface area contributed by atoms with Crippen LogP contribution in [0.25, 0.3) is 0 Å². The lowest BCUT2D eigenvalue weighted by atomic mass is 9.93. The van der Waals surface area contributed by atoms with E-state index in [1.165, 1.54) is 11.7 Å². The van der Waals surface area contributed by atoms with Gasteiger partial charge in [-0.05, 0) is 52.6 Å². The first-order valence-corrected chi connectivity index (χ1v) is 15.1. The van der Waals surface area contributed by atoms with Gasteiger partial charge in [-0.25, -0.2) is 9.46 Å². The third-order valence-corrected chi connectivity index (χ3v) is 9.61. The Morgan fingerprint density at radius 2 is 2.14 bits per heavy atom. The average molecular weight is 605 g/mol. The fourth-order valence-corrected chi connectivity index (χ4v) is 7.04. The number of aliphatic hydroxyl groups excluding tert-OH is 1. The number of benzene rings is 1. The van der Waals surface area contributed by atoms with Crippen LogP contribution in [-0.4, -0.2) is 76.4 Å². The second-order valence-corrected chi connectivity index (χ2v) is 12.1. The number of carbonyl (C=O) groups excluding carboxylic acids is 1. The Kier molecular flexibility index (Phi) is 9.26. The van der Waals surface area contributed by atoms with Crippen LogP contribution < -0.4 is 11.0 Å². The van der Waals surface area contributed by atoms with Crippen molar-refractivity contribution in [2.45, 2.75) is 89.5 Å². The molecule has 2 aromatic rings. The molecule has 2 aliphatic heterocycles. The van der Waals surface area contributed by atoms with Gasteiger partial charge in [-0.1, -0.05) is 25.1 Å². The zero-order valence-electron chi connectivity index (χ0n) is 26.6. The van der Waals surface area contributed by atoms with E-state index in [1.54, 1.807) is 37.4 Å². The van der Waals surface area contributed by atoms with Gasteiger partial charge in [-0.15, -0.1) is 0 Å². The van der Waals surface area contributed by atoms with Crippen LogP contribution in [-0.2, 0) is 18.5 Å². The van der Waals surface area contributed by atoms with E-state index >= 15 is 0 Å². The molecule has 1 spiro atoms. The molecule has 228 valence electrons. The van der Waals surface area contributed by atoms with Gasteiger partial charge in [0.2, 0.25) is 1.43 Å². The molecular formula is C29H40N5O7P. The monoisotopic (exact) mass is 604 g/mol. The molecule has 3 heterocycles. The minimum absolute atomic E-state index is 0.111. The number of fused-ring (bicyclic) bond motifs is 3. The fraction of sp³-hybridized carbons (Fsp3) is 0.586. The highest BCUT2D eigenvalue weighted by Crippen LogP contribution is 2.66. The van der Waals surface area contributed by atoms with E-state index in [-0.39, 0.29) is 37.7 Å². The van der Waals surface area contributed by atoms with Gasteiger partial charge >= 0.3 is 5.69 Å². The van der Waals surface area contributed by atoms with Crippen LogP contribution in [0, 0.1) is 18.3 Å². The largest absolute Gasteiger partial charge is 0.400 e. The maximum absolute atomic E-state index is 13.3. The maximum atomic E-state index is 13.3. The molecule has 1 saturated carbocycles. The molecule has 2 saturated heterocycles. The zero-order valence-corrected chi connectivity index (χ0v) is 25.5. The average Bonchev–Trinajstić information content (AvgIpc) is 3.65. The SMILES string of the molecule is [2H]C[C@]12O[C@@H](n3cc(C)c(NC(=O)c4ccccc4)nc3=O)[C@H](OC13CC3)[C@@H]2OP(OCCC#N)N(CC)C(C)C.[3H]OC. The number of hydrogen-bond donors (Lipinski definition) is 2. The van der Waals surface area contributed by atoms with Crippen molar-refractivity contribution in [2.24, 2.45) is 0 Å². The third-order valence-electron chi connectivity index (χ3n) is 7.63. The molecule has 3 aliphatic rings. The van der Waals surface area contributed by atoms with Gasteiger partial charge in [0.15, 0.2) is 6.23 Å². The van der Waals surface area contributed by atoms with Gasteiger partial charge in [0.25, 0.3) is 14.4 Å². The summed E-state index contributed by atoms with van der Waals surface area (Å²) in [5.41, 5.74) is -1.33. The minimum Gasteiger partial charge on any atom is -0.400 e. The van der Waals surface area contributed by atoms with Crippen LogP contribution in [0.2, 0.25) is 0 Å². The van der Waals surface area contributed by atoms with Crippen LogP contribution in [0.15, 0.2) is 41.3 Å². The molecule has 1 aromatic heterocycles. The van der Waals surface area contributed by atoms with Crippen LogP contribution in [0.1, 0.15) is 70.5 Å². The Hall–Kier alpha value is -2.75. The summed E-state index contributed by atoms with van der Waals surface area (Å²) < 4.78 is 43.6. The number of anilines is 1. The molecule has 5 rings (SSSR count). The number of rotatable bonds is 11. The van der Waals surface area contributed by atoms with Gasteiger partial charge in [0.05, 0.1) is 19.1 Å². The van der Waals surface area contributed by atoms with E-state index in [1.807, 2.05) is 26.8 Å². The lowest BCUT2D eigenvalue weighted by Crippen LogP contribution is -2.48. The number of aromatic nitrogens is 2. The number of nitrogens with zero attached hydrogens (tertiary/aromatic N) is 4. The molecule has 42 heavy (non-hydrogen) atoms. The van der Waals surface area contributed by atoms with Crippen molar-refractivity contribution in [1.82, 2.24) is 14.2 Å². The fourth-order valence-electron chi connectivity index (χ4n) is 5.37. The highest BCUT2D eigenvalue weighted by molar-refractivity contribution is 7.44. The van der Waals surface area contributed by atoms with Gasteiger partial charge in [0.1, 0.15) is 29.2 Å². The standard InChI is InChI=1S/C28H36N5O6P.CH4O/c1-6-33(18(2)3)40(36-16-10-15-29)39-22-21-25(38-27(22,5)28(37-21)13-14-28)32-17-19(4)23(31-26(32)35)30-24(34)20-11-8-7-9-12-20;1-2/h7-9,11-12,17-18,21-22,25H,6,10,13-14,16H2,1-5H3,(H,30,31,34,35);2H,1H3/t21-,22+,25-,27-,40?;/m1./s1/i5D;2T. The van der Waals surface area contributed by atoms with Crippen molar-refractivity contribution in [3.8, 4) is 6.07 Å². The van der Waals surface area contributed by atoms with Crippen molar-refractivity contribution in [3.63, 3.8) is 0 Å². The molecule has 5 atom stereocenters. The first kappa shape index (κ1) is 29.3. The van der Waals surface area contributed by atoms with Gasteiger partial charge < -0.3 is 28.9 Å². The number of amides is 1. The number of aliphatic hydroxyl groups is 1. The Balaban J connectivity index is 0.00000141. The molecule has 13 heteroatoms.